The normalized spacial score (nSPS) is 22.6. The van der Waals surface area contributed by atoms with Crippen LogP contribution in [0.3, 0.4) is 0 Å². The molecule has 7 nitrogen and oxygen atoms in total. The van der Waals surface area contributed by atoms with Crippen LogP contribution in [0.15, 0.2) is 42.6 Å². The van der Waals surface area contributed by atoms with Crippen LogP contribution >= 0.6 is 11.6 Å². The Kier molecular flexibility index (Phi) is 5.29. The van der Waals surface area contributed by atoms with Crippen LogP contribution in [0.2, 0.25) is 5.15 Å². The summed E-state index contributed by atoms with van der Waals surface area (Å²) in [6, 6.07) is 11.0. The van der Waals surface area contributed by atoms with E-state index in [1.165, 1.54) is 0 Å². The maximum atomic E-state index is 13.3. The minimum atomic E-state index is -0.175. The first-order valence-corrected chi connectivity index (χ1v) is 11.2. The molecule has 1 aliphatic carbocycles. The third-order valence-corrected chi connectivity index (χ3v) is 7.16. The lowest BCUT2D eigenvalue weighted by atomic mass is 9.76. The molecule has 1 aliphatic heterocycles. The highest BCUT2D eigenvalue weighted by molar-refractivity contribution is 6.29. The SMILES string of the molecule is COc1ccc2cc(C(=O)N3CCC4(CCCC4C(=O)Nc4ccnc(Cl)c4)C3)[nH]c2c1. The first kappa shape index (κ1) is 20.8. The van der Waals surface area contributed by atoms with Crippen molar-refractivity contribution in [3.05, 3.63) is 53.4 Å². The van der Waals surface area contributed by atoms with Crippen molar-refractivity contribution >= 4 is 40.0 Å². The molecule has 5 rings (SSSR count). The lowest BCUT2D eigenvalue weighted by Crippen LogP contribution is -2.38. The first-order valence-electron chi connectivity index (χ1n) is 10.9. The topological polar surface area (TPSA) is 87.3 Å². The summed E-state index contributed by atoms with van der Waals surface area (Å²) in [6.07, 6.45) is 5.19. The molecule has 3 aromatic rings. The molecule has 2 unspecified atom stereocenters. The number of pyridine rings is 1. The largest absolute Gasteiger partial charge is 0.497 e. The van der Waals surface area contributed by atoms with Crippen molar-refractivity contribution in [2.75, 3.05) is 25.5 Å². The third-order valence-electron chi connectivity index (χ3n) is 6.95. The quantitative estimate of drug-likeness (QED) is 0.571. The Morgan fingerprint density at radius 1 is 1.25 bits per heavy atom. The molecule has 1 saturated heterocycles. The predicted molar refractivity (Wildman–Crippen MR) is 123 cm³/mol. The highest BCUT2D eigenvalue weighted by atomic mass is 35.5. The molecule has 2 amide bonds. The number of methoxy groups -OCH3 is 1. The van der Waals surface area contributed by atoms with Crippen molar-refractivity contribution in [1.29, 1.82) is 0 Å². The molecule has 8 heteroatoms. The van der Waals surface area contributed by atoms with E-state index >= 15 is 0 Å². The second-order valence-corrected chi connectivity index (χ2v) is 9.16. The number of hydrogen-bond acceptors (Lipinski definition) is 4. The number of anilines is 1. The summed E-state index contributed by atoms with van der Waals surface area (Å²) < 4.78 is 5.27. The van der Waals surface area contributed by atoms with Gasteiger partial charge in [0.2, 0.25) is 5.91 Å². The number of fused-ring (bicyclic) bond motifs is 1. The van der Waals surface area contributed by atoms with Crippen molar-refractivity contribution in [2.24, 2.45) is 11.3 Å². The van der Waals surface area contributed by atoms with E-state index < -0.39 is 0 Å². The molecule has 0 radical (unpaired) electrons. The average molecular weight is 453 g/mol. The number of ether oxygens (including phenoxy) is 1. The Balaban J connectivity index is 1.32. The lowest BCUT2D eigenvalue weighted by Gasteiger charge is -2.30. The first-order chi connectivity index (χ1) is 15.5. The van der Waals surface area contributed by atoms with Gasteiger partial charge in [0.25, 0.3) is 5.91 Å². The van der Waals surface area contributed by atoms with Crippen molar-refractivity contribution in [2.45, 2.75) is 25.7 Å². The summed E-state index contributed by atoms with van der Waals surface area (Å²) in [5.74, 6) is 0.591. The van der Waals surface area contributed by atoms with Crippen LogP contribution in [0.1, 0.15) is 36.2 Å². The number of halogens is 1. The lowest BCUT2D eigenvalue weighted by molar-refractivity contribution is -0.122. The standard InChI is InChI=1S/C24H25ClN4O3/c1-32-17-5-4-15-11-20(28-19(15)13-17)23(31)29-10-8-24(14-29)7-2-3-18(24)22(30)27-16-6-9-26-21(25)12-16/h4-6,9,11-13,18,28H,2-3,7-8,10,14H2,1H3,(H,26,27,30). The smallest absolute Gasteiger partial charge is 0.270 e. The summed E-state index contributed by atoms with van der Waals surface area (Å²) >= 11 is 5.95. The molecule has 2 fully saturated rings. The molecule has 32 heavy (non-hydrogen) atoms. The molecule has 2 aromatic heterocycles. The number of benzene rings is 1. The van der Waals surface area contributed by atoms with Crippen LogP contribution in [0.25, 0.3) is 10.9 Å². The van der Waals surface area contributed by atoms with Gasteiger partial charge in [0.1, 0.15) is 16.6 Å². The summed E-state index contributed by atoms with van der Waals surface area (Å²) in [6.45, 7) is 1.25. The predicted octanol–water partition coefficient (Wildman–Crippen LogP) is 4.50. The molecule has 1 spiro atoms. The van der Waals surface area contributed by atoms with Crippen LogP contribution in [-0.4, -0.2) is 46.9 Å². The van der Waals surface area contributed by atoms with Gasteiger partial charge in [0.05, 0.1) is 7.11 Å². The number of rotatable bonds is 4. The summed E-state index contributed by atoms with van der Waals surface area (Å²) in [7, 11) is 1.62. The zero-order chi connectivity index (χ0) is 22.3. The van der Waals surface area contributed by atoms with Gasteiger partial charge in [-0.1, -0.05) is 18.0 Å². The second kappa shape index (κ2) is 8.13. The Labute approximate surface area is 191 Å². The molecular formula is C24H25ClN4O3. The van der Waals surface area contributed by atoms with Gasteiger partial charge in [-0.25, -0.2) is 4.98 Å². The van der Waals surface area contributed by atoms with Crippen molar-refractivity contribution < 1.29 is 14.3 Å². The van der Waals surface area contributed by atoms with Crippen LogP contribution in [-0.2, 0) is 4.79 Å². The minimum Gasteiger partial charge on any atom is -0.497 e. The van der Waals surface area contributed by atoms with Gasteiger partial charge < -0.3 is 19.9 Å². The highest BCUT2D eigenvalue weighted by Crippen LogP contribution is 2.50. The van der Waals surface area contributed by atoms with E-state index in [0.29, 0.717) is 29.6 Å². The monoisotopic (exact) mass is 452 g/mol. The zero-order valence-corrected chi connectivity index (χ0v) is 18.6. The Bertz CT molecular complexity index is 1190. The van der Waals surface area contributed by atoms with E-state index in [0.717, 1.165) is 42.3 Å². The second-order valence-electron chi connectivity index (χ2n) is 8.78. The van der Waals surface area contributed by atoms with E-state index in [-0.39, 0.29) is 23.1 Å². The number of aromatic nitrogens is 2. The van der Waals surface area contributed by atoms with E-state index in [2.05, 4.69) is 15.3 Å². The van der Waals surface area contributed by atoms with Crippen LogP contribution in [0, 0.1) is 11.3 Å². The molecule has 3 heterocycles. The molecule has 2 N–H and O–H groups in total. The van der Waals surface area contributed by atoms with Gasteiger partial charge in [-0.2, -0.15) is 0 Å². The number of carbonyl (C=O) groups is 2. The van der Waals surface area contributed by atoms with Gasteiger partial charge in [-0.3, -0.25) is 9.59 Å². The number of H-pyrrole nitrogens is 1. The van der Waals surface area contributed by atoms with E-state index in [1.807, 2.05) is 29.2 Å². The molecule has 2 aliphatic rings. The Hall–Kier alpha value is -3.06. The van der Waals surface area contributed by atoms with Crippen molar-refractivity contribution in [3.63, 3.8) is 0 Å². The van der Waals surface area contributed by atoms with E-state index in [4.69, 9.17) is 16.3 Å². The summed E-state index contributed by atoms with van der Waals surface area (Å²) in [5, 5.41) is 4.31. The number of carbonyl (C=O) groups excluding carboxylic acids is 2. The fraction of sp³-hybridized carbons (Fsp3) is 0.375. The van der Waals surface area contributed by atoms with Gasteiger partial charge >= 0.3 is 0 Å². The summed E-state index contributed by atoms with van der Waals surface area (Å²) in [4.78, 5) is 35.4. The Morgan fingerprint density at radius 3 is 2.94 bits per heavy atom. The van der Waals surface area contributed by atoms with Gasteiger partial charge in [-0.05, 0) is 49.6 Å². The molecule has 1 saturated carbocycles. The van der Waals surface area contributed by atoms with E-state index in [9.17, 15) is 9.59 Å². The zero-order valence-electron chi connectivity index (χ0n) is 17.9. The number of nitrogens with zero attached hydrogens (tertiary/aromatic N) is 2. The summed E-state index contributed by atoms with van der Waals surface area (Å²) in [5.41, 5.74) is 1.91. The van der Waals surface area contributed by atoms with Gasteiger partial charge in [0.15, 0.2) is 0 Å². The molecular weight excluding hydrogens is 428 g/mol. The molecule has 1 aromatic carbocycles. The van der Waals surface area contributed by atoms with Gasteiger partial charge in [0, 0.05) is 53.3 Å². The van der Waals surface area contributed by atoms with E-state index in [1.54, 1.807) is 25.4 Å². The molecule has 0 bridgehead atoms. The molecule has 166 valence electrons. The number of aromatic amines is 1. The number of hydrogen-bond donors (Lipinski definition) is 2. The van der Waals surface area contributed by atoms with Crippen LogP contribution in [0.5, 0.6) is 5.75 Å². The highest BCUT2D eigenvalue weighted by Gasteiger charge is 2.51. The fourth-order valence-electron chi connectivity index (χ4n) is 5.33. The minimum absolute atomic E-state index is 0.00299. The number of likely N-dealkylation sites (tertiary alicyclic amines) is 1. The van der Waals surface area contributed by atoms with Crippen LogP contribution < -0.4 is 10.1 Å². The molecule has 2 atom stereocenters. The fourth-order valence-corrected chi connectivity index (χ4v) is 5.51. The van der Waals surface area contributed by atoms with Crippen molar-refractivity contribution in [1.82, 2.24) is 14.9 Å². The maximum absolute atomic E-state index is 13.3. The van der Waals surface area contributed by atoms with Crippen LogP contribution in [0.4, 0.5) is 5.69 Å². The number of amides is 2. The Morgan fingerprint density at radius 2 is 2.12 bits per heavy atom. The van der Waals surface area contributed by atoms with Gasteiger partial charge in [-0.15, -0.1) is 0 Å². The van der Waals surface area contributed by atoms with Crippen molar-refractivity contribution in [3.8, 4) is 5.75 Å². The number of nitrogens with one attached hydrogen (secondary N) is 2. The maximum Gasteiger partial charge on any atom is 0.270 e. The third kappa shape index (κ3) is 3.71. The average Bonchev–Trinajstić information content (AvgIpc) is 3.51.